The van der Waals surface area contributed by atoms with Crippen LogP contribution >= 0.6 is 0 Å². The van der Waals surface area contributed by atoms with Gasteiger partial charge in [0.2, 0.25) is 0 Å². The molecule has 0 bridgehead atoms. The van der Waals surface area contributed by atoms with E-state index in [9.17, 15) is 9.90 Å². The van der Waals surface area contributed by atoms with Gasteiger partial charge in [-0.25, -0.2) is 4.79 Å². The van der Waals surface area contributed by atoms with Crippen LogP contribution in [0, 0.1) is 0 Å². The first kappa shape index (κ1) is 13.2. The second-order valence-electron chi connectivity index (χ2n) is 3.47. The fourth-order valence-corrected chi connectivity index (χ4v) is 1.60. The highest BCUT2D eigenvalue weighted by atomic mass is 16.5. The number of carbonyl (C=O) groups is 1. The number of allylic oxidation sites excluding steroid dienone is 1. The maximum Gasteiger partial charge on any atom is 0.334 e. The van der Waals surface area contributed by atoms with Crippen LogP contribution in [0.5, 0.6) is 0 Å². The van der Waals surface area contributed by atoms with Crippen molar-refractivity contribution in [3.05, 3.63) is 54.1 Å². The highest BCUT2D eigenvalue weighted by Crippen LogP contribution is 2.21. The number of hydrogen-bond acceptors (Lipinski definition) is 3. The zero-order valence-electron chi connectivity index (χ0n) is 9.85. The number of rotatable bonds is 5. The van der Waals surface area contributed by atoms with Gasteiger partial charge in [-0.2, -0.15) is 0 Å². The Labute approximate surface area is 101 Å². The molecule has 0 fully saturated rings. The van der Waals surface area contributed by atoms with E-state index in [0.717, 1.165) is 5.56 Å². The molecule has 0 aliphatic heterocycles. The van der Waals surface area contributed by atoms with E-state index >= 15 is 0 Å². The molecule has 3 nitrogen and oxygen atoms in total. The third kappa shape index (κ3) is 3.29. The normalized spacial score (nSPS) is 11.6. The smallest absolute Gasteiger partial charge is 0.334 e. The van der Waals surface area contributed by atoms with Crippen LogP contribution in [0.25, 0.3) is 5.57 Å². The van der Waals surface area contributed by atoms with Gasteiger partial charge in [-0.3, -0.25) is 0 Å². The monoisotopic (exact) mass is 232 g/mol. The van der Waals surface area contributed by atoms with Gasteiger partial charge in [-0.1, -0.05) is 36.4 Å². The Morgan fingerprint density at radius 1 is 1.41 bits per heavy atom. The Hall–Kier alpha value is -1.87. The summed E-state index contributed by atoms with van der Waals surface area (Å²) < 4.78 is 4.71. The van der Waals surface area contributed by atoms with E-state index < -0.39 is 5.97 Å². The van der Waals surface area contributed by atoms with Crippen LogP contribution in [-0.4, -0.2) is 24.8 Å². The molecule has 1 aromatic carbocycles. The van der Waals surface area contributed by atoms with E-state index in [1.807, 2.05) is 30.3 Å². The second-order valence-corrected chi connectivity index (χ2v) is 3.47. The molecule has 0 saturated carbocycles. The summed E-state index contributed by atoms with van der Waals surface area (Å²) >= 11 is 0. The molecule has 0 spiro atoms. The summed E-state index contributed by atoms with van der Waals surface area (Å²) in [7, 11) is 1.32. The number of benzene rings is 1. The SMILES string of the molecule is C=CC/C(C(=O)OC)=C(/CO)c1ccccc1. The Bertz CT molecular complexity index is 418. The molecule has 0 aliphatic rings. The van der Waals surface area contributed by atoms with Crippen LogP contribution in [-0.2, 0) is 9.53 Å². The molecule has 90 valence electrons. The maximum atomic E-state index is 11.6. The minimum absolute atomic E-state index is 0.206. The van der Waals surface area contributed by atoms with Crippen LogP contribution in [0.3, 0.4) is 0 Å². The summed E-state index contributed by atoms with van der Waals surface area (Å²) in [6, 6.07) is 9.28. The standard InChI is InChI=1S/C14H16O3/c1-3-7-12(14(16)17-2)13(10-15)11-8-5-4-6-9-11/h3-6,8-9,15H,1,7,10H2,2H3/b13-12+. The molecule has 1 rings (SSSR count). The van der Waals surface area contributed by atoms with Gasteiger partial charge in [0.25, 0.3) is 0 Å². The van der Waals surface area contributed by atoms with Gasteiger partial charge < -0.3 is 9.84 Å². The van der Waals surface area contributed by atoms with Crippen molar-refractivity contribution < 1.29 is 14.6 Å². The van der Waals surface area contributed by atoms with Gasteiger partial charge in [-0.05, 0) is 17.6 Å². The first-order valence-electron chi connectivity index (χ1n) is 5.32. The molecule has 0 aromatic heterocycles. The zero-order valence-corrected chi connectivity index (χ0v) is 9.85. The van der Waals surface area contributed by atoms with Gasteiger partial charge in [0.05, 0.1) is 13.7 Å². The van der Waals surface area contributed by atoms with Crippen molar-refractivity contribution in [1.29, 1.82) is 0 Å². The highest BCUT2D eigenvalue weighted by Gasteiger charge is 2.15. The van der Waals surface area contributed by atoms with E-state index in [-0.39, 0.29) is 6.61 Å². The third-order valence-electron chi connectivity index (χ3n) is 2.42. The van der Waals surface area contributed by atoms with Gasteiger partial charge in [0.15, 0.2) is 0 Å². The average Bonchev–Trinajstić information content (AvgIpc) is 2.39. The van der Waals surface area contributed by atoms with Crippen molar-refractivity contribution in [1.82, 2.24) is 0 Å². The minimum Gasteiger partial charge on any atom is -0.466 e. The van der Waals surface area contributed by atoms with E-state index in [0.29, 0.717) is 17.6 Å². The summed E-state index contributed by atoms with van der Waals surface area (Å²) in [5, 5.41) is 9.42. The fraction of sp³-hybridized carbons (Fsp3) is 0.214. The summed E-state index contributed by atoms with van der Waals surface area (Å²) in [4.78, 5) is 11.6. The molecule has 0 saturated heterocycles. The summed E-state index contributed by atoms with van der Waals surface area (Å²) in [6.07, 6.45) is 1.99. The van der Waals surface area contributed by atoms with Gasteiger partial charge in [-0.15, -0.1) is 6.58 Å². The first-order chi connectivity index (χ1) is 8.24. The Morgan fingerprint density at radius 3 is 2.53 bits per heavy atom. The predicted octanol–water partition coefficient (Wildman–Crippen LogP) is 2.18. The lowest BCUT2D eigenvalue weighted by molar-refractivity contribution is -0.136. The van der Waals surface area contributed by atoms with E-state index in [4.69, 9.17) is 4.74 Å². The quantitative estimate of drug-likeness (QED) is 0.481. The second kappa shape index (κ2) is 6.66. The molecule has 0 aliphatic carbocycles. The number of hydrogen-bond donors (Lipinski definition) is 1. The van der Waals surface area contributed by atoms with Gasteiger partial charge in [0.1, 0.15) is 0 Å². The highest BCUT2D eigenvalue weighted by molar-refractivity contribution is 5.98. The van der Waals surface area contributed by atoms with Crippen LogP contribution in [0.15, 0.2) is 48.6 Å². The molecular weight excluding hydrogens is 216 g/mol. The minimum atomic E-state index is -0.433. The Morgan fingerprint density at radius 2 is 2.06 bits per heavy atom. The molecule has 0 unspecified atom stereocenters. The topological polar surface area (TPSA) is 46.5 Å². The van der Waals surface area contributed by atoms with E-state index in [1.165, 1.54) is 7.11 Å². The summed E-state index contributed by atoms with van der Waals surface area (Å²) in [5.74, 6) is -0.433. The van der Waals surface area contributed by atoms with Crippen molar-refractivity contribution in [3.8, 4) is 0 Å². The van der Waals surface area contributed by atoms with Crippen molar-refractivity contribution in [2.45, 2.75) is 6.42 Å². The van der Waals surface area contributed by atoms with Crippen LogP contribution in [0.4, 0.5) is 0 Å². The van der Waals surface area contributed by atoms with Crippen LogP contribution in [0.1, 0.15) is 12.0 Å². The van der Waals surface area contributed by atoms with Gasteiger partial charge >= 0.3 is 5.97 Å². The molecule has 0 amide bonds. The number of aliphatic hydroxyl groups is 1. The Balaban J connectivity index is 3.26. The zero-order chi connectivity index (χ0) is 12.7. The molecule has 1 N–H and O–H groups in total. The lowest BCUT2D eigenvalue weighted by atomic mass is 9.98. The summed E-state index contributed by atoms with van der Waals surface area (Å²) in [6.45, 7) is 3.40. The molecule has 17 heavy (non-hydrogen) atoms. The van der Waals surface area contributed by atoms with Crippen molar-refractivity contribution in [2.75, 3.05) is 13.7 Å². The molecular formula is C14H16O3. The van der Waals surface area contributed by atoms with E-state index in [2.05, 4.69) is 6.58 Å². The number of carbonyl (C=O) groups excluding carboxylic acids is 1. The summed E-state index contributed by atoms with van der Waals surface area (Å²) in [5.41, 5.74) is 1.84. The first-order valence-corrected chi connectivity index (χ1v) is 5.32. The molecule has 0 atom stereocenters. The number of ether oxygens (including phenoxy) is 1. The van der Waals surface area contributed by atoms with Crippen molar-refractivity contribution in [2.24, 2.45) is 0 Å². The number of esters is 1. The fourth-order valence-electron chi connectivity index (χ4n) is 1.60. The van der Waals surface area contributed by atoms with Crippen LogP contribution < -0.4 is 0 Å². The predicted molar refractivity (Wildman–Crippen MR) is 67.3 cm³/mol. The molecule has 0 radical (unpaired) electrons. The molecule has 1 aromatic rings. The van der Waals surface area contributed by atoms with Crippen molar-refractivity contribution in [3.63, 3.8) is 0 Å². The maximum absolute atomic E-state index is 11.6. The molecule has 3 heteroatoms. The third-order valence-corrected chi connectivity index (χ3v) is 2.42. The van der Waals surface area contributed by atoms with Crippen molar-refractivity contribution >= 4 is 11.5 Å². The van der Waals surface area contributed by atoms with Crippen LogP contribution in [0.2, 0.25) is 0 Å². The Kier molecular flexibility index (Phi) is 5.17. The number of aliphatic hydroxyl groups excluding tert-OH is 1. The average molecular weight is 232 g/mol. The lowest BCUT2D eigenvalue weighted by Gasteiger charge is -2.11. The lowest BCUT2D eigenvalue weighted by Crippen LogP contribution is -2.09. The largest absolute Gasteiger partial charge is 0.466 e. The number of methoxy groups -OCH3 is 1. The van der Waals surface area contributed by atoms with E-state index in [1.54, 1.807) is 6.08 Å². The van der Waals surface area contributed by atoms with Gasteiger partial charge in [0, 0.05) is 5.57 Å². The molecule has 0 heterocycles.